The molecule has 0 radical (unpaired) electrons. The topological polar surface area (TPSA) is 42.3 Å². The van der Waals surface area contributed by atoms with Crippen LogP contribution in [-0.2, 0) is 15.4 Å². The van der Waals surface area contributed by atoms with Crippen molar-refractivity contribution in [2.45, 2.75) is 37.5 Å². The van der Waals surface area contributed by atoms with E-state index in [4.69, 9.17) is 0 Å². The molecule has 30 heavy (non-hydrogen) atoms. The normalized spacial score (nSPS) is 16.1. The number of rotatable bonds is 3. The lowest BCUT2D eigenvalue weighted by atomic mass is 9.87. The molecule has 0 N–H and O–H groups in total. The molecule has 4 rings (SSSR count). The Bertz CT molecular complexity index is 1230. The quantitative estimate of drug-likeness (QED) is 0.590. The molecule has 0 saturated heterocycles. The van der Waals surface area contributed by atoms with Crippen LogP contribution in [0.5, 0.6) is 0 Å². The highest BCUT2D eigenvalue weighted by molar-refractivity contribution is 7.90. The molecule has 0 fully saturated rings. The van der Waals surface area contributed by atoms with Crippen molar-refractivity contribution in [2.75, 3.05) is 20.1 Å². The maximum atomic E-state index is 14.0. The first kappa shape index (κ1) is 20.8. The molecule has 2 heterocycles. The summed E-state index contributed by atoms with van der Waals surface area (Å²) in [5, 5.41) is 0.626. The Hall–Kier alpha value is -2.44. The minimum absolute atomic E-state index is 0.0618. The van der Waals surface area contributed by atoms with E-state index in [1.807, 2.05) is 19.2 Å². The fraction of sp³-hybridized carbons (Fsp3) is 0.333. The van der Waals surface area contributed by atoms with Crippen molar-refractivity contribution in [2.24, 2.45) is 0 Å². The molecular weight excluding hydrogens is 399 g/mol. The van der Waals surface area contributed by atoms with E-state index in [-0.39, 0.29) is 16.1 Å². The molecule has 0 bridgehead atoms. The summed E-state index contributed by atoms with van der Waals surface area (Å²) in [6.45, 7) is 7.94. The van der Waals surface area contributed by atoms with Gasteiger partial charge in [-0.1, -0.05) is 39.0 Å². The Morgan fingerprint density at radius 3 is 2.33 bits per heavy atom. The van der Waals surface area contributed by atoms with E-state index in [0.717, 1.165) is 36.2 Å². The number of fused-ring (bicyclic) bond motifs is 1. The lowest BCUT2D eigenvalue weighted by Crippen LogP contribution is -2.23. The van der Waals surface area contributed by atoms with Gasteiger partial charge in [0.1, 0.15) is 5.82 Å². The highest BCUT2D eigenvalue weighted by atomic mass is 32.2. The zero-order valence-electron chi connectivity index (χ0n) is 17.8. The number of nitrogens with zero attached hydrogens (tertiary/aromatic N) is 2. The third-order valence-corrected chi connectivity index (χ3v) is 7.46. The molecule has 0 saturated carbocycles. The zero-order chi connectivity index (χ0) is 21.7. The standard InChI is InChI=1S/C24H27FN2O2S/c1-24(2,3)18-5-8-20(9-6-18)30(28,29)27-16-22(17-11-13-26(4)14-12-17)21-15-19(25)7-10-23(21)27/h5-11,15-16H,12-14H2,1-4H3. The average Bonchev–Trinajstić information content (AvgIpc) is 3.07. The molecule has 2 aromatic carbocycles. The summed E-state index contributed by atoms with van der Waals surface area (Å²) in [6.07, 6.45) is 4.54. The first-order chi connectivity index (χ1) is 14.1. The van der Waals surface area contributed by atoms with Gasteiger partial charge in [-0.2, -0.15) is 0 Å². The zero-order valence-corrected chi connectivity index (χ0v) is 18.6. The van der Waals surface area contributed by atoms with E-state index in [9.17, 15) is 12.8 Å². The van der Waals surface area contributed by atoms with Crippen molar-refractivity contribution in [1.29, 1.82) is 0 Å². The molecule has 0 aliphatic carbocycles. The van der Waals surface area contributed by atoms with Crippen molar-refractivity contribution in [3.05, 3.63) is 71.7 Å². The maximum absolute atomic E-state index is 14.0. The summed E-state index contributed by atoms with van der Waals surface area (Å²) in [6, 6.07) is 11.3. The van der Waals surface area contributed by atoms with Crippen LogP contribution in [0.15, 0.2) is 59.6 Å². The van der Waals surface area contributed by atoms with Gasteiger partial charge in [-0.3, -0.25) is 0 Å². The van der Waals surface area contributed by atoms with E-state index in [2.05, 4.69) is 31.7 Å². The van der Waals surface area contributed by atoms with Gasteiger partial charge in [0.2, 0.25) is 0 Å². The molecule has 0 spiro atoms. The van der Waals surface area contributed by atoms with Crippen LogP contribution in [0.4, 0.5) is 4.39 Å². The van der Waals surface area contributed by atoms with Crippen molar-refractivity contribution >= 4 is 26.5 Å². The Kier molecular flexibility index (Phi) is 5.11. The van der Waals surface area contributed by atoms with Crippen LogP contribution in [0.1, 0.15) is 38.3 Å². The smallest absolute Gasteiger partial charge is 0.268 e. The number of halogens is 1. The maximum Gasteiger partial charge on any atom is 0.268 e. The van der Waals surface area contributed by atoms with Crippen LogP contribution >= 0.6 is 0 Å². The Morgan fingerprint density at radius 2 is 1.73 bits per heavy atom. The first-order valence-corrected chi connectivity index (χ1v) is 11.6. The molecule has 0 atom stereocenters. The molecule has 158 valence electrons. The molecule has 0 unspecified atom stereocenters. The molecule has 0 amide bonds. The third-order valence-electron chi connectivity index (χ3n) is 5.77. The molecule has 4 nitrogen and oxygen atoms in total. The molecule has 3 aromatic rings. The SMILES string of the molecule is CN1CC=C(c2cn(S(=O)(=O)c3ccc(C(C)(C)C)cc3)c3ccc(F)cc23)CC1. The van der Waals surface area contributed by atoms with E-state index in [1.165, 1.54) is 16.1 Å². The van der Waals surface area contributed by atoms with Crippen LogP contribution in [0, 0.1) is 5.82 Å². The van der Waals surface area contributed by atoms with Crippen LogP contribution in [0.3, 0.4) is 0 Å². The van der Waals surface area contributed by atoms with E-state index >= 15 is 0 Å². The predicted molar refractivity (Wildman–Crippen MR) is 120 cm³/mol. The minimum Gasteiger partial charge on any atom is -0.302 e. The summed E-state index contributed by atoms with van der Waals surface area (Å²) < 4.78 is 42.3. The van der Waals surface area contributed by atoms with Gasteiger partial charge in [0.25, 0.3) is 10.0 Å². The summed E-state index contributed by atoms with van der Waals surface area (Å²) in [5.74, 6) is -0.373. The molecule has 1 aliphatic heterocycles. The minimum atomic E-state index is -3.81. The summed E-state index contributed by atoms with van der Waals surface area (Å²) >= 11 is 0. The van der Waals surface area contributed by atoms with Crippen molar-refractivity contribution in [3.8, 4) is 0 Å². The Labute approximate surface area is 177 Å². The third kappa shape index (κ3) is 3.70. The van der Waals surface area contributed by atoms with Gasteiger partial charge < -0.3 is 4.90 Å². The second-order valence-corrected chi connectivity index (χ2v) is 10.8. The first-order valence-electron chi connectivity index (χ1n) is 10.1. The monoisotopic (exact) mass is 426 g/mol. The average molecular weight is 427 g/mol. The summed E-state index contributed by atoms with van der Waals surface area (Å²) in [5.41, 5.74) is 3.34. The van der Waals surface area contributed by atoms with Crippen molar-refractivity contribution in [1.82, 2.24) is 8.87 Å². The van der Waals surface area contributed by atoms with E-state index < -0.39 is 10.0 Å². The van der Waals surface area contributed by atoms with Crippen LogP contribution < -0.4 is 0 Å². The highest BCUT2D eigenvalue weighted by Gasteiger charge is 2.24. The van der Waals surface area contributed by atoms with Crippen LogP contribution in [-0.4, -0.2) is 37.4 Å². The Balaban J connectivity index is 1.86. The number of aromatic nitrogens is 1. The second kappa shape index (κ2) is 7.36. The highest BCUT2D eigenvalue weighted by Crippen LogP contribution is 2.34. The van der Waals surface area contributed by atoms with E-state index in [0.29, 0.717) is 10.9 Å². The van der Waals surface area contributed by atoms with E-state index in [1.54, 1.807) is 24.4 Å². The van der Waals surface area contributed by atoms with Gasteiger partial charge in [0.15, 0.2) is 0 Å². The molecule has 6 heteroatoms. The van der Waals surface area contributed by atoms with Gasteiger partial charge in [-0.05, 0) is 60.4 Å². The van der Waals surface area contributed by atoms with Gasteiger partial charge in [0, 0.05) is 30.2 Å². The fourth-order valence-corrected chi connectivity index (χ4v) is 5.25. The summed E-state index contributed by atoms with van der Waals surface area (Å²) in [7, 11) is -1.77. The van der Waals surface area contributed by atoms with Crippen LogP contribution in [0.2, 0.25) is 0 Å². The molecular formula is C24H27FN2O2S. The fourth-order valence-electron chi connectivity index (χ4n) is 3.88. The number of likely N-dealkylation sites (N-methyl/N-ethyl adjacent to an activating group) is 1. The van der Waals surface area contributed by atoms with Gasteiger partial charge in [-0.25, -0.2) is 16.8 Å². The lowest BCUT2D eigenvalue weighted by molar-refractivity contribution is 0.370. The van der Waals surface area contributed by atoms with Crippen molar-refractivity contribution in [3.63, 3.8) is 0 Å². The second-order valence-electron chi connectivity index (χ2n) is 9.02. The molecule has 1 aromatic heterocycles. The van der Waals surface area contributed by atoms with Crippen LogP contribution in [0.25, 0.3) is 16.5 Å². The lowest BCUT2D eigenvalue weighted by Gasteiger charge is -2.21. The predicted octanol–water partition coefficient (Wildman–Crippen LogP) is 5.03. The summed E-state index contributed by atoms with van der Waals surface area (Å²) in [4.78, 5) is 2.41. The Morgan fingerprint density at radius 1 is 1.03 bits per heavy atom. The molecule has 1 aliphatic rings. The van der Waals surface area contributed by atoms with Gasteiger partial charge in [-0.15, -0.1) is 0 Å². The van der Waals surface area contributed by atoms with Gasteiger partial charge in [0.05, 0.1) is 10.4 Å². The number of benzene rings is 2. The number of hydrogen-bond acceptors (Lipinski definition) is 3. The number of hydrogen-bond donors (Lipinski definition) is 0. The van der Waals surface area contributed by atoms with Crippen molar-refractivity contribution < 1.29 is 12.8 Å². The van der Waals surface area contributed by atoms with Gasteiger partial charge >= 0.3 is 0 Å². The largest absolute Gasteiger partial charge is 0.302 e.